The summed E-state index contributed by atoms with van der Waals surface area (Å²) in [6, 6.07) is 9.42. The van der Waals surface area contributed by atoms with Crippen LogP contribution < -0.4 is 10.6 Å². The van der Waals surface area contributed by atoms with E-state index in [9.17, 15) is 9.59 Å². The van der Waals surface area contributed by atoms with Crippen molar-refractivity contribution < 1.29 is 9.59 Å². The highest BCUT2D eigenvalue weighted by Gasteiger charge is 2.15. The Bertz CT molecular complexity index is 621. The summed E-state index contributed by atoms with van der Waals surface area (Å²) in [5, 5.41) is 9.15. The lowest BCUT2D eigenvalue weighted by Gasteiger charge is -2.13. The van der Waals surface area contributed by atoms with Gasteiger partial charge in [0.15, 0.2) is 0 Å². The molecule has 2 amide bonds. The fourth-order valence-corrected chi connectivity index (χ4v) is 2.62. The van der Waals surface area contributed by atoms with Crippen molar-refractivity contribution in [1.29, 1.82) is 0 Å². The van der Waals surface area contributed by atoms with Gasteiger partial charge in [0.05, 0.1) is 0 Å². The Morgan fingerprint density at radius 1 is 1.14 bits per heavy atom. The van der Waals surface area contributed by atoms with Gasteiger partial charge in [0.1, 0.15) is 0 Å². The van der Waals surface area contributed by atoms with Gasteiger partial charge >= 0.3 is 11.8 Å². The summed E-state index contributed by atoms with van der Waals surface area (Å²) in [6.07, 6.45) is 0. The summed E-state index contributed by atoms with van der Waals surface area (Å²) in [5.74, 6) is -0.992. The van der Waals surface area contributed by atoms with Crippen molar-refractivity contribution in [1.82, 2.24) is 5.32 Å². The SMILES string of the molecule is CC(C)c1ccccc1NC(=O)C(=O)NCc1ccsc1. The molecular formula is C16H18N2O2S. The topological polar surface area (TPSA) is 58.2 Å². The summed E-state index contributed by atoms with van der Waals surface area (Å²) in [5.41, 5.74) is 2.68. The Morgan fingerprint density at radius 2 is 1.90 bits per heavy atom. The molecule has 1 heterocycles. The first-order chi connectivity index (χ1) is 10.1. The molecule has 110 valence electrons. The maximum absolute atomic E-state index is 11.9. The van der Waals surface area contributed by atoms with Gasteiger partial charge in [-0.3, -0.25) is 9.59 Å². The van der Waals surface area contributed by atoms with Gasteiger partial charge in [0.25, 0.3) is 0 Å². The minimum Gasteiger partial charge on any atom is -0.344 e. The van der Waals surface area contributed by atoms with Gasteiger partial charge in [-0.2, -0.15) is 11.3 Å². The molecule has 0 aliphatic heterocycles. The van der Waals surface area contributed by atoms with Crippen LogP contribution in [-0.4, -0.2) is 11.8 Å². The molecule has 0 aliphatic carbocycles. The Balaban J connectivity index is 1.96. The third-order valence-electron chi connectivity index (χ3n) is 3.07. The van der Waals surface area contributed by atoms with Crippen LogP contribution in [0.3, 0.4) is 0 Å². The molecule has 0 saturated carbocycles. The number of para-hydroxylation sites is 1. The van der Waals surface area contributed by atoms with E-state index in [-0.39, 0.29) is 5.92 Å². The van der Waals surface area contributed by atoms with Crippen molar-refractivity contribution >= 4 is 28.8 Å². The molecule has 0 saturated heterocycles. The van der Waals surface area contributed by atoms with Crippen molar-refractivity contribution in [2.24, 2.45) is 0 Å². The van der Waals surface area contributed by atoms with Crippen LogP contribution in [0.4, 0.5) is 5.69 Å². The fraction of sp³-hybridized carbons (Fsp3) is 0.250. The third kappa shape index (κ3) is 4.16. The lowest BCUT2D eigenvalue weighted by atomic mass is 10.0. The third-order valence-corrected chi connectivity index (χ3v) is 3.80. The van der Waals surface area contributed by atoms with Crippen LogP contribution in [0.25, 0.3) is 0 Å². The van der Waals surface area contributed by atoms with E-state index in [1.807, 2.05) is 48.9 Å². The van der Waals surface area contributed by atoms with Crippen molar-refractivity contribution in [3.05, 3.63) is 52.2 Å². The molecule has 21 heavy (non-hydrogen) atoms. The summed E-state index contributed by atoms with van der Waals surface area (Å²) in [7, 11) is 0. The highest BCUT2D eigenvalue weighted by Crippen LogP contribution is 2.23. The summed E-state index contributed by atoms with van der Waals surface area (Å²) >= 11 is 1.56. The zero-order valence-electron chi connectivity index (χ0n) is 12.1. The maximum Gasteiger partial charge on any atom is 0.313 e. The lowest BCUT2D eigenvalue weighted by molar-refractivity contribution is -0.136. The number of carbonyl (C=O) groups is 2. The number of anilines is 1. The first-order valence-electron chi connectivity index (χ1n) is 6.77. The molecule has 0 spiro atoms. The van der Waals surface area contributed by atoms with E-state index in [1.165, 1.54) is 0 Å². The Hall–Kier alpha value is -2.14. The standard InChI is InChI=1S/C16H18N2O2S/c1-11(2)13-5-3-4-6-14(13)18-16(20)15(19)17-9-12-7-8-21-10-12/h3-8,10-11H,9H2,1-2H3,(H,17,19)(H,18,20). The summed E-state index contributed by atoms with van der Waals surface area (Å²) < 4.78 is 0. The molecule has 0 aliphatic rings. The smallest absolute Gasteiger partial charge is 0.313 e. The average molecular weight is 302 g/mol. The second-order valence-electron chi connectivity index (χ2n) is 5.01. The Kier molecular flexibility index (Phi) is 5.11. The molecule has 0 bridgehead atoms. The molecule has 0 fully saturated rings. The van der Waals surface area contributed by atoms with E-state index in [4.69, 9.17) is 0 Å². The minimum atomic E-state index is -0.640. The molecule has 5 heteroatoms. The predicted molar refractivity (Wildman–Crippen MR) is 85.3 cm³/mol. The number of amides is 2. The Labute approximate surface area is 128 Å². The summed E-state index contributed by atoms with van der Waals surface area (Å²) in [4.78, 5) is 23.7. The number of thiophene rings is 1. The molecule has 0 radical (unpaired) electrons. The molecular weight excluding hydrogens is 284 g/mol. The van der Waals surface area contributed by atoms with E-state index >= 15 is 0 Å². The van der Waals surface area contributed by atoms with Crippen LogP contribution >= 0.6 is 11.3 Å². The van der Waals surface area contributed by atoms with Gasteiger partial charge < -0.3 is 10.6 Å². The largest absolute Gasteiger partial charge is 0.344 e. The van der Waals surface area contributed by atoms with Crippen molar-refractivity contribution in [3.8, 4) is 0 Å². The first kappa shape index (κ1) is 15.3. The lowest BCUT2D eigenvalue weighted by Crippen LogP contribution is -2.35. The molecule has 2 rings (SSSR count). The molecule has 4 nitrogen and oxygen atoms in total. The monoisotopic (exact) mass is 302 g/mol. The van der Waals surface area contributed by atoms with E-state index in [2.05, 4.69) is 10.6 Å². The van der Waals surface area contributed by atoms with E-state index < -0.39 is 11.8 Å². The number of nitrogens with one attached hydrogen (secondary N) is 2. The number of carbonyl (C=O) groups excluding carboxylic acids is 2. The summed E-state index contributed by atoms with van der Waals surface area (Å²) in [6.45, 7) is 4.45. The Morgan fingerprint density at radius 3 is 2.57 bits per heavy atom. The van der Waals surface area contributed by atoms with Gasteiger partial charge in [-0.1, -0.05) is 32.0 Å². The number of hydrogen-bond acceptors (Lipinski definition) is 3. The fourth-order valence-electron chi connectivity index (χ4n) is 1.95. The van der Waals surface area contributed by atoms with Crippen LogP contribution in [0.5, 0.6) is 0 Å². The first-order valence-corrected chi connectivity index (χ1v) is 7.71. The zero-order chi connectivity index (χ0) is 15.2. The molecule has 0 unspecified atom stereocenters. The van der Waals surface area contributed by atoms with E-state index in [0.29, 0.717) is 12.2 Å². The van der Waals surface area contributed by atoms with Crippen molar-refractivity contribution in [2.45, 2.75) is 26.3 Å². The van der Waals surface area contributed by atoms with Gasteiger partial charge in [-0.05, 0) is 39.9 Å². The number of benzene rings is 1. The zero-order valence-corrected chi connectivity index (χ0v) is 12.9. The van der Waals surface area contributed by atoms with Gasteiger partial charge in [0, 0.05) is 12.2 Å². The highest BCUT2D eigenvalue weighted by atomic mass is 32.1. The molecule has 0 atom stereocenters. The van der Waals surface area contributed by atoms with Crippen LogP contribution in [0.15, 0.2) is 41.1 Å². The molecule has 1 aromatic carbocycles. The van der Waals surface area contributed by atoms with Gasteiger partial charge in [-0.15, -0.1) is 0 Å². The van der Waals surface area contributed by atoms with Crippen molar-refractivity contribution in [3.63, 3.8) is 0 Å². The van der Waals surface area contributed by atoms with Crippen LogP contribution in [0.1, 0.15) is 30.9 Å². The van der Waals surface area contributed by atoms with E-state index in [0.717, 1.165) is 11.1 Å². The average Bonchev–Trinajstić information content (AvgIpc) is 2.98. The number of hydrogen-bond donors (Lipinski definition) is 2. The van der Waals surface area contributed by atoms with E-state index in [1.54, 1.807) is 17.4 Å². The predicted octanol–water partition coefficient (Wildman–Crippen LogP) is 3.13. The highest BCUT2D eigenvalue weighted by molar-refractivity contribution is 7.07. The maximum atomic E-state index is 11.9. The van der Waals surface area contributed by atoms with Crippen LogP contribution in [-0.2, 0) is 16.1 Å². The van der Waals surface area contributed by atoms with Gasteiger partial charge in [-0.25, -0.2) is 0 Å². The van der Waals surface area contributed by atoms with Crippen LogP contribution in [0, 0.1) is 0 Å². The normalized spacial score (nSPS) is 10.4. The quantitative estimate of drug-likeness (QED) is 0.853. The second-order valence-corrected chi connectivity index (χ2v) is 5.79. The van der Waals surface area contributed by atoms with Crippen LogP contribution in [0.2, 0.25) is 0 Å². The number of rotatable bonds is 4. The minimum absolute atomic E-state index is 0.273. The molecule has 2 N–H and O–H groups in total. The van der Waals surface area contributed by atoms with Gasteiger partial charge in [0.2, 0.25) is 0 Å². The second kappa shape index (κ2) is 7.04. The van der Waals surface area contributed by atoms with Crippen molar-refractivity contribution in [2.75, 3.05) is 5.32 Å². The molecule has 2 aromatic rings. The molecule has 1 aromatic heterocycles.